The summed E-state index contributed by atoms with van der Waals surface area (Å²) >= 11 is 0. The molecule has 1 fully saturated rings. The topological polar surface area (TPSA) is 78.7 Å². The van der Waals surface area contributed by atoms with E-state index in [4.69, 9.17) is 9.47 Å². The van der Waals surface area contributed by atoms with Gasteiger partial charge in [0.05, 0.1) is 4.92 Å². The molecule has 1 aliphatic rings. The second-order valence-electron chi connectivity index (χ2n) is 5.65. The van der Waals surface area contributed by atoms with Crippen LogP contribution in [0.2, 0.25) is 0 Å². The van der Waals surface area contributed by atoms with Crippen LogP contribution in [0.4, 0.5) is 19.3 Å². The monoisotopic (exact) mass is 349 g/mol. The Kier molecular flexibility index (Phi) is 4.60. The summed E-state index contributed by atoms with van der Waals surface area (Å²) in [6.45, 7) is 0. The van der Waals surface area contributed by atoms with Gasteiger partial charge < -0.3 is 9.47 Å². The average molecular weight is 349 g/mol. The van der Waals surface area contributed by atoms with Crippen molar-refractivity contribution in [2.24, 2.45) is 0 Å². The van der Waals surface area contributed by atoms with Crippen LogP contribution in [0.5, 0.6) is 5.75 Å². The van der Waals surface area contributed by atoms with Crippen molar-refractivity contribution in [2.45, 2.75) is 24.9 Å². The zero-order valence-electron chi connectivity index (χ0n) is 12.9. The van der Waals surface area contributed by atoms with Crippen molar-refractivity contribution in [2.75, 3.05) is 0 Å². The van der Waals surface area contributed by atoms with E-state index in [1.54, 1.807) is 0 Å². The molecule has 0 aliphatic heterocycles. The first-order chi connectivity index (χ1) is 11.9. The van der Waals surface area contributed by atoms with Gasteiger partial charge in [0.2, 0.25) is 0 Å². The minimum absolute atomic E-state index is 0.00564. The van der Waals surface area contributed by atoms with Crippen molar-refractivity contribution in [1.82, 2.24) is 0 Å². The highest BCUT2D eigenvalue weighted by Gasteiger charge is 2.36. The average Bonchev–Trinajstić information content (AvgIpc) is 2.52. The summed E-state index contributed by atoms with van der Waals surface area (Å²) in [5.74, 6) is -1.47. The molecule has 0 unspecified atom stereocenters. The second kappa shape index (κ2) is 6.84. The Hall–Kier alpha value is -3.03. The molecule has 0 radical (unpaired) electrons. The molecule has 0 spiro atoms. The smallest absolute Gasteiger partial charge is 0.431 e. The highest BCUT2D eigenvalue weighted by molar-refractivity contribution is 5.64. The lowest BCUT2D eigenvalue weighted by atomic mass is 9.77. The van der Waals surface area contributed by atoms with E-state index in [1.807, 2.05) is 0 Å². The minimum atomic E-state index is -0.966. The van der Waals surface area contributed by atoms with Crippen LogP contribution in [-0.4, -0.2) is 17.2 Å². The van der Waals surface area contributed by atoms with E-state index in [0.29, 0.717) is 12.8 Å². The van der Waals surface area contributed by atoms with Crippen LogP contribution in [0.25, 0.3) is 0 Å². The van der Waals surface area contributed by atoms with Crippen LogP contribution in [-0.2, 0) is 4.74 Å². The van der Waals surface area contributed by atoms with Crippen molar-refractivity contribution < 1.29 is 28.0 Å². The minimum Gasteiger partial charge on any atom is -0.431 e. The van der Waals surface area contributed by atoms with Gasteiger partial charge in [-0.25, -0.2) is 13.6 Å². The van der Waals surface area contributed by atoms with E-state index >= 15 is 0 Å². The van der Waals surface area contributed by atoms with E-state index in [9.17, 15) is 23.7 Å². The van der Waals surface area contributed by atoms with Crippen LogP contribution in [0.15, 0.2) is 42.5 Å². The SMILES string of the molecule is O=C(Oc1ccc([N+](=O)[O-])cc1)OC1CC(c2c(F)cccc2F)C1. The Morgan fingerprint density at radius 3 is 2.24 bits per heavy atom. The molecule has 2 aromatic carbocycles. The molecule has 25 heavy (non-hydrogen) atoms. The first-order valence-corrected chi connectivity index (χ1v) is 7.51. The lowest BCUT2D eigenvalue weighted by molar-refractivity contribution is -0.384. The molecule has 6 nitrogen and oxygen atoms in total. The molecule has 8 heteroatoms. The number of non-ortho nitro benzene ring substituents is 1. The Labute approximate surface area is 141 Å². The van der Waals surface area contributed by atoms with Crippen LogP contribution < -0.4 is 4.74 Å². The van der Waals surface area contributed by atoms with Gasteiger partial charge in [-0.15, -0.1) is 0 Å². The van der Waals surface area contributed by atoms with Gasteiger partial charge in [-0.1, -0.05) is 6.07 Å². The lowest BCUT2D eigenvalue weighted by Crippen LogP contribution is -2.33. The number of ether oxygens (including phenoxy) is 2. The normalized spacial score (nSPS) is 19.0. The lowest BCUT2D eigenvalue weighted by Gasteiger charge is -2.34. The highest BCUT2D eigenvalue weighted by atomic mass is 19.1. The molecule has 0 atom stereocenters. The fraction of sp³-hybridized carbons (Fsp3) is 0.235. The number of hydrogen-bond acceptors (Lipinski definition) is 5. The van der Waals surface area contributed by atoms with Crippen LogP contribution in [0.3, 0.4) is 0 Å². The van der Waals surface area contributed by atoms with Gasteiger partial charge in [-0.05, 0) is 43.0 Å². The van der Waals surface area contributed by atoms with E-state index < -0.39 is 28.8 Å². The molecule has 130 valence electrons. The van der Waals surface area contributed by atoms with Gasteiger partial charge in [-0.3, -0.25) is 10.1 Å². The summed E-state index contributed by atoms with van der Waals surface area (Å²) in [5, 5.41) is 10.5. The van der Waals surface area contributed by atoms with E-state index in [1.165, 1.54) is 42.5 Å². The molecule has 0 heterocycles. The first kappa shape index (κ1) is 16.8. The van der Waals surface area contributed by atoms with Crippen LogP contribution in [0.1, 0.15) is 24.3 Å². The second-order valence-corrected chi connectivity index (χ2v) is 5.65. The summed E-state index contributed by atoms with van der Waals surface area (Å²) in [5.41, 5.74) is -0.124. The Morgan fingerprint density at radius 1 is 1.08 bits per heavy atom. The van der Waals surface area contributed by atoms with E-state index in [-0.39, 0.29) is 22.9 Å². The fourth-order valence-electron chi connectivity index (χ4n) is 2.69. The van der Waals surface area contributed by atoms with Gasteiger partial charge in [0, 0.05) is 17.7 Å². The quantitative estimate of drug-likeness (QED) is 0.355. The van der Waals surface area contributed by atoms with Gasteiger partial charge in [-0.2, -0.15) is 0 Å². The van der Waals surface area contributed by atoms with Gasteiger partial charge in [0.15, 0.2) is 0 Å². The Balaban J connectivity index is 1.51. The predicted molar refractivity (Wildman–Crippen MR) is 82.3 cm³/mol. The van der Waals surface area contributed by atoms with Gasteiger partial charge >= 0.3 is 6.16 Å². The molecule has 0 saturated heterocycles. The standard InChI is InChI=1S/C17H13F2NO5/c18-14-2-1-3-15(19)16(14)10-8-13(9-10)25-17(21)24-12-6-4-11(5-7-12)20(22)23/h1-7,10,13H,8-9H2. The molecule has 0 N–H and O–H groups in total. The number of halogens is 2. The summed E-state index contributed by atoms with van der Waals surface area (Å²) in [6, 6.07) is 8.62. The highest BCUT2D eigenvalue weighted by Crippen LogP contribution is 2.41. The van der Waals surface area contributed by atoms with E-state index in [2.05, 4.69) is 0 Å². The first-order valence-electron chi connectivity index (χ1n) is 7.51. The zero-order valence-corrected chi connectivity index (χ0v) is 12.9. The molecule has 0 bridgehead atoms. The molecular formula is C17H13F2NO5. The predicted octanol–water partition coefficient (Wildman–Crippen LogP) is 4.33. The van der Waals surface area contributed by atoms with Crippen LogP contribution in [0, 0.1) is 21.7 Å². The third-order valence-electron chi connectivity index (χ3n) is 4.01. The number of benzene rings is 2. The Bertz CT molecular complexity index is 783. The Morgan fingerprint density at radius 2 is 1.68 bits per heavy atom. The van der Waals surface area contributed by atoms with Crippen LogP contribution >= 0.6 is 0 Å². The van der Waals surface area contributed by atoms with Gasteiger partial charge in [0.1, 0.15) is 23.5 Å². The number of rotatable bonds is 4. The van der Waals surface area contributed by atoms with Crippen molar-refractivity contribution >= 4 is 11.8 Å². The van der Waals surface area contributed by atoms with Crippen molar-refractivity contribution in [3.63, 3.8) is 0 Å². The molecule has 1 aliphatic carbocycles. The largest absolute Gasteiger partial charge is 0.514 e. The van der Waals surface area contributed by atoms with Crippen molar-refractivity contribution in [3.05, 3.63) is 69.8 Å². The maximum Gasteiger partial charge on any atom is 0.514 e. The molecule has 0 amide bonds. The maximum atomic E-state index is 13.7. The number of nitro groups is 1. The third-order valence-corrected chi connectivity index (χ3v) is 4.01. The summed E-state index contributed by atoms with van der Waals surface area (Å²) in [7, 11) is 0. The number of carbonyl (C=O) groups is 1. The number of nitrogens with zero attached hydrogens (tertiary/aromatic N) is 1. The van der Waals surface area contributed by atoms with Gasteiger partial charge in [0.25, 0.3) is 5.69 Å². The molecular weight excluding hydrogens is 336 g/mol. The summed E-state index contributed by atoms with van der Waals surface area (Å²) in [6.07, 6.45) is -0.860. The fourth-order valence-corrected chi connectivity index (χ4v) is 2.69. The summed E-state index contributed by atoms with van der Waals surface area (Å²) < 4.78 is 37.3. The number of hydrogen-bond donors (Lipinski definition) is 0. The molecule has 1 saturated carbocycles. The molecule has 0 aromatic heterocycles. The van der Waals surface area contributed by atoms with E-state index in [0.717, 1.165) is 0 Å². The van der Waals surface area contributed by atoms with Crippen molar-refractivity contribution in [1.29, 1.82) is 0 Å². The number of nitro benzene ring substituents is 1. The summed E-state index contributed by atoms with van der Waals surface area (Å²) in [4.78, 5) is 21.7. The maximum absolute atomic E-state index is 13.7. The molecule has 3 rings (SSSR count). The van der Waals surface area contributed by atoms with Crippen molar-refractivity contribution in [3.8, 4) is 5.75 Å². The third kappa shape index (κ3) is 3.73. The molecule has 2 aromatic rings. The number of carbonyl (C=O) groups excluding carboxylic acids is 1. The zero-order chi connectivity index (χ0) is 18.0.